The summed E-state index contributed by atoms with van der Waals surface area (Å²) in [5.74, 6) is 0.600. The number of hydrogen-bond acceptors (Lipinski definition) is 3. The molecule has 0 aliphatic heterocycles. The molecular formula is C16H15ClO2S. The number of thioether (sulfide) groups is 1. The van der Waals surface area contributed by atoms with Gasteiger partial charge >= 0.3 is 5.97 Å². The Morgan fingerprint density at radius 1 is 1.10 bits per heavy atom. The molecule has 0 saturated carbocycles. The smallest absolute Gasteiger partial charge is 0.309 e. The van der Waals surface area contributed by atoms with Gasteiger partial charge in [-0.05, 0) is 35.4 Å². The molecule has 2 aromatic carbocycles. The predicted molar refractivity (Wildman–Crippen MR) is 83.2 cm³/mol. The standard InChI is InChI=1S/C16H15ClO2S/c1-19-16(18)10-12-4-2-3-5-13(12)11-20-15-8-6-14(17)7-9-15/h2-9H,10-11H2,1H3. The molecule has 2 rings (SSSR count). The van der Waals surface area contributed by atoms with Gasteiger partial charge in [0.15, 0.2) is 0 Å². The van der Waals surface area contributed by atoms with Gasteiger partial charge < -0.3 is 4.74 Å². The van der Waals surface area contributed by atoms with Crippen LogP contribution in [0.15, 0.2) is 53.4 Å². The summed E-state index contributed by atoms with van der Waals surface area (Å²) in [7, 11) is 1.41. The van der Waals surface area contributed by atoms with Gasteiger partial charge in [0.05, 0.1) is 13.5 Å². The molecule has 0 amide bonds. The first-order chi connectivity index (χ1) is 9.69. The van der Waals surface area contributed by atoms with E-state index < -0.39 is 0 Å². The zero-order valence-electron chi connectivity index (χ0n) is 11.1. The Labute approximate surface area is 128 Å². The third-order valence-electron chi connectivity index (χ3n) is 2.89. The van der Waals surface area contributed by atoms with E-state index in [4.69, 9.17) is 16.3 Å². The molecule has 0 aromatic heterocycles. The second-order valence-corrected chi connectivity index (χ2v) is 5.75. The number of carbonyl (C=O) groups is 1. The van der Waals surface area contributed by atoms with E-state index in [0.29, 0.717) is 6.42 Å². The van der Waals surface area contributed by atoms with Gasteiger partial charge in [0, 0.05) is 15.7 Å². The number of ether oxygens (including phenoxy) is 1. The maximum Gasteiger partial charge on any atom is 0.309 e. The molecule has 2 aromatic rings. The molecular weight excluding hydrogens is 292 g/mol. The van der Waals surface area contributed by atoms with Gasteiger partial charge in [-0.25, -0.2) is 0 Å². The van der Waals surface area contributed by atoms with E-state index in [1.165, 1.54) is 7.11 Å². The predicted octanol–water partition coefficient (Wildman–Crippen LogP) is 4.35. The van der Waals surface area contributed by atoms with E-state index in [1.54, 1.807) is 11.8 Å². The third-order valence-corrected chi connectivity index (χ3v) is 4.20. The largest absolute Gasteiger partial charge is 0.469 e. The van der Waals surface area contributed by atoms with E-state index in [2.05, 4.69) is 0 Å². The topological polar surface area (TPSA) is 26.3 Å². The summed E-state index contributed by atoms with van der Waals surface area (Å²) in [5.41, 5.74) is 2.17. The van der Waals surface area contributed by atoms with E-state index in [-0.39, 0.29) is 5.97 Å². The Morgan fingerprint density at radius 2 is 1.75 bits per heavy atom. The van der Waals surface area contributed by atoms with Gasteiger partial charge in [0.2, 0.25) is 0 Å². The molecule has 0 aliphatic rings. The van der Waals surface area contributed by atoms with Crippen molar-refractivity contribution in [2.24, 2.45) is 0 Å². The maximum atomic E-state index is 11.4. The molecule has 0 atom stereocenters. The highest BCUT2D eigenvalue weighted by Crippen LogP contribution is 2.25. The first-order valence-corrected chi connectivity index (χ1v) is 7.57. The zero-order chi connectivity index (χ0) is 14.4. The molecule has 0 radical (unpaired) electrons. The van der Waals surface area contributed by atoms with E-state index in [1.807, 2.05) is 48.5 Å². The minimum atomic E-state index is -0.214. The number of methoxy groups -OCH3 is 1. The first kappa shape index (κ1) is 14.9. The summed E-state index contributed by atoms with van der Waals surface area (Å²) >= 11 is 7.59. The molecule has 0 unspecified atom stereocenters. The minimum Gasteiger partial charge on any atom is -0.469 e. The Morgan fingerprint density at radius 3 is 2.40 bits per heavy atom. The van der Waals surface area contributed by atoms with Crippen molar-refractivity contribution in [3.8, 4) is 0 Å². The zero-order valence-corrected chi connectivity index (χ0v) is 12.7. The molecule has 0 bridgehead atoms. The van der Waals surface area contributed by atoms with Crippen LogP contribution >= 0.6 is 23.4 Å². The van der Waals surface area contributed by atoms with Crippen LogP contribution in [0, 0.1) is 0 Å². The average Bonchev–Trinajstić information content (AvgIpc) is 2.48. The van der Waals surface area contributed by atoms with Crippen LogP contribution in [-0.2, 0) is 21.7 Å². The monoisotopic (exact) mass is 306 g/mol. The SMILES string of the molecule is COC(=O)Cc1ccccc1CSc1ccc(Cl)cc1. The van der Waals surface area contributed by atoms with Crippen molar-refractivity contribution in [2.75, 3.05) is 7.11 Å². The van der Waals surface area contributed by atoms with Crippen LogP contribution in [0.3, 0.4) is 0 Å². The van der Waals surface area contributed by atoms with Crippen LogP contribution < -0.4 is 0 Å². The van der Waals surface area contributed by atoms with Crippen molar-refractivity contribution in [1.29, 1.82) is 0 Å². The lowest BCUT2D eigenvalue weighted by molar-refractivity contribution is -0.139. The van der Waals surface area contributed by atoms with Gasteiger partial charge in [-0.3, -0.25) is 4.79 Å². The van der Waals surface area contributed by atoms with Crippen molar-refractivity contribution in [3.63, 3.8) is 0 Å². The van der Waals surface area contributed by atoms with E-state index in [0.717, 1.165) is 26.8 Å². The van der Waals surface area contributed by atoms with E-state index >= 15 is 0 Å². The average molecular weight is 307 g/mol. The molecule has 4 heteroatoms. The number of esters is 1. The summed E-state index contributed by atoms with van der Waals surface area (Å²) in [6, 6.07) is 15.7. The van der Waals surface area contributed by atoms with Crippen molar-refractivity contribution < 1.29 is 9.53 Å². The highest BCUT2D eigenvalue weighted by atomic mass is 35.5. The van der Waals surface area contributed by atoms with Gasteiger partial charge in [-0.2, -0.15) is 0 Å². The van der Waals surface area contributed by atoms with Gasteiger partial charge in [-0.1, -0.05) is 35.9 Å². The normalized spacial score (nSPS) is 10.3. The molecule has 0 spiro atoms. The van der Waals surface area contributed by atoms with Crippen LogP contribution in [0.5, 0.6) is 0 Å². The summed E-state index contributed by atoms with van der Waals surface area (Å²) in [6.45, 7) is 0. The summed E-state index contributed by atoms with van der Waals surface area (Å²) in [5, 5.41) is 0.737. The number of carbonyl (C=O) groups excluding carboxylic acids is 1. The summed E-state index contributed by atoms with van der Waals surface area (Å²) in [4.78, 5) is 12.6. The highest BCUT2D eigenvalue weighted by molar-refractivity contribution is 7.98. The number of halogens is 1. The van der Waals surface area contributed by atoms with Crippen LogP contribution in [0.4, 0.5) is 0 Å². The second kappa shape index (κ2) is 7.36. The molecule has 20 heavy (non-hydrogen) atoms. The molecule has 0 heterocycles. The third kappa shape index (κ3) is 4.29. The maximum absolute atomic E-state index is 11.4. The lowest BCUT2D eigenvalue weighted by Gasteiger charge is -2.08. The van der Waals surface area contributed by atoms with Crippen molar-refractivity contribution in [1.82, 2.24) is 0 Å². The first-order valence-electron chi connectivity index (χ1n) is 6.21. The molecule has 104 valence electrons. The highest BCUT2D eigenvalue weighted by Gasteiger charge is 2.08. The molecule has 0 N–H and O–H groups in total. The van der Waals surface area contributed by atoms with Gasteiger partial charge in [-0.15, -0.1) is 11.8 Å². The second-order valence-electron chi connectivity index (χ2n) is 4.26. The van der Waals surface area contributed by atoms with Gasteiger partial charge in [0.25, 0.3) is 0 Å². The molecule has 0 fully saturated rings. The lowest BCUT2D eigenvalue weighted by atomic mass is 10.1. The summed E-state index contributed by atoms with van der Waals surface area (Å²) < 4.78 is 4.72. The quantitative estimate of drug-likeness (QED) is 0.607. The Balaban J connectivity index is 2.05. The molecule has 0 aliphatic carbocycles. The van der Waals surface area contributed by atoms with Crippen molar-refractivity contribution >= 4 is 29.3 Å². The lowest BCUT2D eigenvalue weighted by Crippen LogP contribution is -2.06. The number of benzene rings is 2. The van der Waals surface area contributed by atoms with Crippen LogP contribution in [0.1, 0.15) is 11.1 Å². The van der Waals surface area contributed by atoms with Gasteiger partial charge in [0.1, 0.15) is 0 Å². The van der Waals surface area contributed by atoms with Crippen molar-refractivity contribution in [2.45, 2.75) is 17.1 Å². The van der Waals surface area contributed by atoms with Crippen LogP contribution in [0.25, 0.3) is 0 Å². The fourth-order valence-corrected chi connectivity index (χ4v) is 2.85. The number of hydrogen-bond donors (Lipinski definition) is 0. The fraction of sp³-hybridized carbons (Fsp3) is 0.188. The Bertz CT molecular complexity index is 581. The summed E-state index contributed by atoms with van der Waals surface area (Å²) in [6.07, 6.45) is 0.313. The minimum absolute atomic E-state index is 0.214. The Hall–Kier alpha value is -1.45. The molecule has 0 saturated heterocycles. The van der Waals surface area contributed by atoms with E-state index in [9.17, 15) is 4.79 Å². The van der Waals surface area contributed by atoms with Crippen LogP contribution in [0.2, 0.25) is 5.02 Å². The van der Waals surface area contributed by atoms with Crippen LogP contribution in [-0.4, -0.2) is 13.1 Å². The van der Waals surface area contributed by atoms with Crippen molar-refractivity contribution in [3.05, 3.63) is 64.7 Å². The fourth-order valence-electron chi connectivity index (χ4n) is 1.79. The molecule has 2 nitrogen and oxygen atoms in total. The Kier molecular flexibility index (Phi) is 5.50. The number of rotatable bonds is 5.